The summed E-state index contributed by atoms with van der Waals surface area (Å²) in [5.74, 6) is 0.161. The van der Waals surface area contributed by atoms with Crippen molar-refractivity contribution in [2.24, 2.45) is 0 Å². The van der Waals surface area contributed by atoms with Crippen molar-refractivity contribution in [3.8, 4) is 16.2 Å². The molecule has 1 aromatic heterocycles. The second-order valence-electron chi connectivity index (χ2n) is 5.62. The normalized spacial score (nSPS) is 17.3. The van der Waals surface area contributed by atoms with Crippen molar-refractivity contribution in [1.82, 2.24) is 10.2 Å². The van der Waals surface area contributed by atoms with Gasteiger partial charge in [0.2, 0.25) is 0 Å². The van der Waals surface area contributed by atoms with Gasteiger partial charge in [0, 0.05) is 30.6 Å². The Morgan fingerprint density at radius 3 is 2.64 bits per heavy atom. The molecule has 1 atom stereocenters. The molecule has 0 bridgehead atoms. The molecule has 1 aromatic carbocycles. The molecule has 2 aromatic rings. The summed E-state index contributed by atoms with van der Waals surface area (Å²) in [6, 6.07) is 10.3. The van der Waals surface area contributed by atoms with Crippen LogP contribution in [0.3, 0.4) is 0 Å². The summed E-state index contributed by atoms with van der Waals surface area (Å²) in [6.07, 6.45) is 0. The summed E-state index contributed by atoms with van der Waals surface area (Å²) in [5, 5.41) is 3.26. The number of halogens is 3. The maximum absolute atomic E-state index is 12.6. The van der Waals surface area contributed by atoms with Gasteiger partial charge in [-0.3, -0.25) is 4.79 Å². The predicted octanol–water partition coefficient (Wildman–Crippen LogP) is 3.87. The Morgan fingerprint density at radius 2 is 2.00 bits per heavy atom. The molecular weight excluding hydrogens is 370 g/mol. The van der Waals surface area contributed by atoms with Crippen LogP contribution in [0, 0.1) is 0 Å². The highest BCUT2D eigenvalue weighted by molar-refractivity contribution is 7.17. The lowest BCUT2D eigenvalue weighted by Crippen LogP contribution is -2.52. The molecule has 4 nitrogen and oxygen atoms in total. The van der Waals surface area contributed by atoms with Gasteiger partial charge in [-0.1, -0.05) is 0 Å². The fourth-order valence-electron chi connectivity index (χ4n) is 2.69. The Morgan fingerprint density at radius 1 is 1.28 bits per heavy atom. The van der Waals surface area contributed by atoms with E-state index in [0.29, 0.717) is 11.4 Å². The van der Waals surface area contributed by atoms with E-state index in [2.05, 4.69) is 10.1 Å². The first-order valence-electron chi connectivity index (χ1n) is 7.71. The van der Waals surface area contributed by atoms with Gasteiger partial charge in [-0.25, -0.2) is 0 Å². The van der Waals surface area contributed by atoms with Gasteiger partial charge in [-0.2, -0.15) is 8.78 Å². The maximum atomic E-state index is 12.6. The summed E-state index contributed by atoms with van der Waals surface area (Å²) >= 11 is 1.41. The zero-order valence-corrected chi connectivity index (χ0v) is 15.2. The molecule has 1 fully saturated rings. The molecule has 2 heterocycles. The van der Waals surface area contributed by atoms with Crippen LogP contribution in [0.25, 0.3) is 10.4 Å². The van der Waals surface area contributed by atoms with Gasteiger partial charge in [0.15, 0.2) is 0 Å². The summed E-state index contributed by atoms with van der Waals surface area (Å²) < 4.78 is 28.7. The highest BCUT2D eigenvalue weighted by Gasteiger charge is 2.25. The third-order valence-electron chi connectivity index (χ3n) is 3.94. The van der Waals surface area contributed by atoms with Gasteiger partial charge in [0.05, 0.1) is 4.88 Å². The molecule has 8 heteroatoms. The summed E-state index contributed by atoms with van der Waals surface area (Å²) in [4.78, 5) is 16.1. The summed E-state index contributed by atoms with van der Waals surface area (Å²) in [5.41, 5.74) is 0.869. The first-order chi connectivity index (χ1) is 11.5. The third kappa shape index (κ3) is 4.68. The standard InChI is InChI=1S/C17H18F2N2O2S.ClH/c1-11-10-20-8-9-21(11)16(22)15-7-6-14(24-15)12-2-4-13(5-3-12)23-17(18)19;/h2-7,11,17,20H,8-10H2,1H3;1H/t11-;/m1./s1. The van der Waals surface area contributed by atoms with E-state index in [1.807, 2.05) is 24.0 Å². The minimum absolute atomic E-state index is 0. The van der Waals surface area contributed by atoms with Crippen molar-refractivity contribution in [1.29, 1.82) is 0 Å². The first kappa shape index (κ1) is 19.6. The number of rotatable bonds is 4. The van der Waals surface area contributed by atoms with Crippen LogP contribution in [0.15, 0.2) is 36.4 Å². The summed E-state index contributed by atoms with van der Waals surface area (Å²) in [6.45, 7) is 1.51. The number of thiophene rings is 1. The van der Waals surface area contributed by atoms with E-state index < -0.39 is 6.61 Å². The minimum atomic E-state index is -2.83. The number of nitrogens with one attached hydrogen (secondary N) is 1. The molecule has 0 spiro atoms. The number of carbonyl (C=O) groups is 1. The number of piperazine rings is 1. The Labute approximate surface area is 155 Å². The zero-order chi connectivity index (χ0) is 17.1. The van der Waals surface area contributed by atoms with Crippen LogP contribution < -0.4 is 10.1 Å². The number of amides is 1. The molecule has 0 aliphatic carbocycles. The predicted molar refractivity (Wildman–Crippen MR) is 97.0 cm³/mol. The Balaban J connectivity index is 0.00000225. The molecule has 136 valence electrons. The van der Waals surface area contributed by atoms with E-state index in [9.17, 15) is 13.6 Å². The highest BCUT2D eigenvalue weighted by Crippen LogP contribution is 2.30. The second-order valence-corrected chi connectivity index (χ2v) is 6.70. The number of ether oxygens (including phenoxy) is 1. The fourth-order valence-corrected chi connectivity index (χ4v) is 3.66. The van der Waals surface area contributed by atoms with Crippen molar-refractivity contribution in [2.75, 3.05) is 19.6 Å². The monoisotopic (exact) mass is 388 g/mol. The molecule has 25 heavy (non-hydrogen) atoms. The third-order valence-corrected chi connectivity index (χ3v) is 5.07. The highest BCUT2D eigenvalue weighted by atomic mass is 35.5. The van der Waals surface area contributed by atoms with E-state index in [0.717, 1.165) is 23.5 Å². The molecule has 1 saturated heterocycles. The topological polar surface area (TPSA) is 41.6 Å². The number of hydrogen-bond acceptors (Lipinski definition) is 4. The van der Waals surface area contributed by atoms with Gasteiger partial charge in [0.25, 0.3) is 5.91 Å². The smallest absolute Gasteiger partial charge is 0.387 e. The molecule has 1 amide bonds. The van der Waals surface area contributed by atoms with E-state index in [1.165, 1.54) is 23.5 Å². The maximum Gasteiger partial charge on any atom is 0.387 e. The molecule has 3 rings (SSSR count). The van der Waals surface area contributed by atoms with Gasteiger partial charge in [-0.05, 0) is 48.9 Å². The SMILES string of the molecule is C[C@@H]1CNCCN1C(=O)c1ccc(-c2ccc(OC(F)F)cc2)s1.Cl. The quantitative estimate of drug-likeness (QED) is 0.864. The van der Waals surface area contributed by atoms with Crippen molar-refractivity contribution in [3.05, 3.63) is 41.3 Å². The Hall–Kier alpha value is -1.70. The van der Waals surface area contributed by atoms with Crippen molar-refractivity contribution in [2.45, 2.75) is 19.6 Å². The molecule has 1 N–H and O–H groups in total. The molecule has 0 saturated carbocycles. The summed E-state index contributed by atoms with van der Waals surface area (Å²) in [7, 11) is 0. The Bertz CT molecular complexity index is 709. The van der Waals surface area contributed by atoms with Crippen LogP contribution in [0.1, 0.15) is 16.6 Å². The van der Waals surface area contributed by atoms with E-state index in [-0.39, 0.29) is 30.1 Å². The first-order valence-corrected chi connectivity index (χ1v) is 8.53. The number of carbonyl (C=O) groups excluding carboxylic acids is 1. The fraction of sp³-hybridized carbons (Fsp3) is 0.353. The molecule has 1 aliphatic heterocycles. The van der Waals surface area contributed by atoms with Gasteiger partial charge < -0.3 is 15.0 Å². The van der Waals surface area contributed by atoms with Crippen molar-refractivity contribution in [3.63, 3.8) is 0 Å². The lowest BCUT2D eigenvalue weighted by Gasteiger charge is -2.33. The molecule has 1 aliphatic rings. The van der Waals surface area contributed by atoms with E-state index in [4.69, 9.17) is 0 Å². The van der Waals surface area contributed by atoms with Crippen molar-refractivity contribution >= 4 is 29.7 Å². The number of nitrogens with zero attached hydrogens (tertiary/aromatic N) is 1. The second kappa shape index (κ2) is 8.60. The van der Waals surface area contributed by atoms with E-state index >= 15 is 0 Å². The lowest BCUT2D eigenvalue weighted by atomic mass is 10.2. The molecular formula is C17H19ClF2N2O2S. The number of hydrogen-bond donors (Lipinski definition) is 1. The number of benzene rings is 1. The van der Waals surface area contributed by atoms with E-state index in [1.54, 1.807) is 12.1 Å². The molecule has 0 unspecified atom stereocenters. The van der Waals surface area contributed by atoms with Gasteiger partial charge in [0.1, 0.15) is 5.75 Å². The van der Waals surface area contributed by atoms with Crippen LogP contribution >= 0.6 is 23.7 Å². The number of alkyl halides is 2. The van der Waals surface area contributed by atoms with Gasteiger partial charge >= 0.3 is 6.61 Å². The minimum Gasteiger partial charge on any atom is -0.435 e. The Kier molecular flexibility index (Phi) is 6.75. The largest absolute Gasteiger partial charge is 0.435 e. The average Bonchev–Trinajstić information content (AvgIpc) is 3.05. The average molecular weight is 389 g/mol. The van der Waals surface area contributed by atoms with Crippen LogP contribution in [-0.4, -0.2) is 43.1 Å². The van der Waals surface area contributed by atoms with Crippen molar-refractivity contribution < 1.29 is 18.3 Å². The van der Waals surface area contributed by atoms with Gasteiger partial charge in [-0.15, -0.1) is 23.7 Å². The van der Waals surface area contributed by atoms with Crippen LogP contribution in [0.4, 0.5) is 8.78 Å². The van der Waals surface area contributed by atoms with Crippen LogP contribution in [0.2, 0.25) is 0 Å². The van der Waals surface area contributed by atoms with Crippen LogP contribution in [-0.2, 0) is 0 Å². The zero-order valence-electron chi connectivity index (χ0n) is 13.6. The molecule has 0 radical (unpaired) electrons. The van der Waals surface area contributed by atoms with Crippen LogP contribution in [0.5, 0.6) is 5.75 Å². The lowest BCUT2D eigenvalue weighted by molar-refractivity contribution is -0.0498.